The Labute approximate surface area is 128 Å². The zero-order valence-electron chi connectivity index (χ0n) is 12.1. The molecule has 0 radical (unpaired) electrons. The number of fused-ring (bicyclic) bond motifs is 1. The van der Waals surface area contributed by atoms with Crippen LogP contribution in [0.5, 0.6) is 0 Å². The minimum atomic E-state index is 0.408. The Morgan fingerprint density at radius 2 is 2.14 bits per heavy atom. The molecular weight excluding hydrogens is 286 g/mol. The number of furan rings is 1. The zero-order valence-corrected chi connectivity index (χ0v) is 12.9. The monoisotopic (exact) mass is 303 g/mol. The molecule has 110 valence electrons. The maximum Gasteiger partial charge on any atom is 0.134 e. The molecule has 2 aromatic heterocycles. The Balaban J connectivity index is 1.98. The number of nitrogens with zero attached hydrogens (tertiary/aromatic N) is 2. The molecule has 0 saturated heterocycles. The minimum Gasteiger partial charge on any atom is -0.459 e. The van der Waals surface area contributed by atoms with Crippen molar-refractivity contribution in [3.8, 4) is 0 Å². The molecule has 0 aliphatic carbocycles. The highest BCUT2D eigenvalue weighted by Crippen LogP contribution is 2.27. The number of para-hydroxylation sites is 1. The van der Waals surface area contributed by atoms with Crippen LogP contribution < -0.4 is 5.32 Å². The second-order valence-corrected chi connectivity index (χ2v) is 5.83. The first-order valence-corrected chi connectivity index (χ1v) is 7.42. The molecule has 0 aliphatic heterocycles. The van der Waals surface area contributed by atoms with E-state index in [0.717, 1.165) is 22.3 Å². The van der Waals surface area contributed by atoms with Crippen LogP contribution in [0.4, 0.5) is 0 Å². The number of rotatable bonds is 5. The van der Waals surface area contributed by atoms with Crippen LogP contribution in [0.1, 0.15) is 25.2 Å². The van der Waals surface area contributed by atoms with Gasteiger partial charge in [0.2, 0.25) is 0 Å². The fourth-order valence-corrected chi connectivity index (χ4v) is 2.51. The summed E-state index contributed by atoms with van der Waals surface area (Å²) in [7, 11) is 0. The van der Waals surface area contributed by atoms with Crippen LogP contribution in [-0.4, -0.2) is 15.8 Å². The normalized spacial score (nSPS) is 11.6. The molecule has 4 nitrogen and oxygen atoms in total. The van der Waals surface area contributed by atoms with Crippen molar-refractivity contribution < 1.29 is 4.42 Å². The maximum absolute atomic E-state index is 5.99. The van der Waals surface area contributed by atoms with Gasteiger partial charge in [0, 0.05) is 23.2 Å². The van der Waals surface area contributed by atoms with Gasteiger partial charge in [0.25, 0.3) is 0 Å². The van der Waals surface area contributed by atoms with Crippen molar-refractivity contribution in [1.29, 1.82) is 0 Å². The number of nitrogens with one attached hydrogen (secondary N) is 1. The van der Waals surface area contributed by atoms with Gasteiger partial charge in [0.05, 0.1) is 24.3 Å². The van der Waals surface area contributed by atoms with Crippen molar-refractivity contribution in [2.75, 3.05) is 0 Å². The van der Waals surface area contributed by atoms with Gasteiger partial charge < -0.3 is 9.73 Å². The van der Waals surface area contributed by atoms with E-state index in [2.05, 4.69) is 30.3 Å². The van der Waals surface area contributed by atoms with Crippen molar-refractivity contribution in [1.82, 2.24) is 15.1 Å². The molecule has 0 fully saturated rings. The topological polar surface area (TPSA) is 43.0 Å². The predicted octanol–water partition coefficient (Wildman–Crippen LogP) is 3.83. The number of hydrogen-bond donors (Lipinski definition) is 1. The lowest BCUT2D eigenvalue weighted by Crippen LogP contribution is -2.22. The van der Waals surface area contributed by atoms with Gasteiger partial charge in [0.15, 0.2) is 0 Å². The van der Waals surface area contributed by atoms with Crippen LogP contribution in [0.15, 0.2) is 41.1 Å². The van der Waals surface area contributed by atoms with E-state index in [1.54, 1.807) is 6.20 Å². The Bertz CT molecular complexity index is 745. The van der Waals surface area contributed by atoms with E-state index >= 15 is 0 Å². The van der Waals surface area contributed by atoms with Crippen LogP contribution >= 0.6 is 11.6 Å². The van der Waals surface area contributed by atoms with Gasteiger partial charge in [-0.25, -0.2) is 0 Å². The summed E-state index contributed by atoms with van der Waals surface area (Å²) in [4.78, 5) is 0. The largest absolute Gasteiger partial charge is 0.459 e. The summed E-state index contributed by atoms with van der Waals surface area (Å²) in [6.45, 7) is 5.60. The standard InChI is InChI=1S/C16H18ClN3O/c1-11(2)18-8-16-14(10-20-9-12(17)7-19-20)13-5-3-4-6-15(13)21-16/h3-7,9,11,18H,8,10H2,1-2H3. The van der Waals surface area contributed by atoms with Gasteiger partial charge in [-0.1, -0.05) is 43.6 Å². The molecule has 0 spiro atoms. The van der Waals surface area contributed by atoms with Crippen LogP contribution in [0, 0.1) is 0 Å². The lowest BCUT2D eigenvalue weighted by molar-refractivity contribution is 0.480. The molecule has 3 rings (SSSR count). The van der Waals surface area contributed by atoms with Gasteiger partial charge in [-0.15, -0.1) is 0 Å². The molecule has 0 saturated carbocycles. The molecule has 2 heterocycles. The number of halogens is 1. The number of hydrogen-bond acceptors (Lipinski definition) is 3. The van der Waals surface area contributed by atoms with Gasteiger partial charge in [0.1, 0.15) is 11.3 Å². The van der Waals surface area contributed by atoms with Crippen LogP contribution in [0.2, 0.25) is 5.02 Å². The average Bonchev–Trinajstić information content (AvgIpc) is 3.01. The molecule has 0 unspecified atom stereocenters. The summed E-state index contributed by atoms with van der Waals surface area (Å²) in [5.74, 6) is 0.955. The van der Waals surface area contributed by atoms with Crippen LogP contribution in [-0.2, 0) is 13.1 Å². The summed E-state index contributed by atoms with van der Waals surface area (Å²) in [6, 6.07) is 8.49. The zero-order chi connectivity index (χ0) is 14.8. The number of aromatic nitrogens is 2. The number of benzene rings is 1. The molecule has 0 atom stereocenters. The van der Waals surface area contributed by atoms with Gasteiger partial charge >= 0.3 is 0 Å². The lowest BCUT2D eigenvalue weighted by atomic mass is 10.1. The highest BCUT2D eigenvalue weighted by Gasteiger charge is 2.14. The smallest absolute Gasteiger partial charge is 0.134 e. The second-order valence-electron chi connectivity index (χ2n) is 5.39. The fourth-order valence-electron chi connectivity index (χ4n) is 2.35. The van der Waals surface area contributed by atoms with E-state index in [-0.39, 0.29) is 0 Å². The molecule has 1 N–H and O–H groups in total. The Kier molecular flexibility index (Phi) is 3.99. The third-order valence-electron chi connectivity index (χ3n) is 3.37. The first-order valence-electron chi connectivity index (χ1n) is 7.04. The average molecular weight is 304 g/mol. The minimum absolute atomic E-state index is 0.408. The van der Waals surface area contributed by atoms with Gasteiger partial charge in [-0.2, -0.15) is 5.10 Å². The van der Waals surface area contributed by atoms with Crippen LogP contribution in [0.3, 0.4) is 0 Å². The third kappa shape index (κ3) is 3.12. The third-order valence-corrected chi connectivity index (χ3v) is 3.57. The first-order chi connectivity index (χ1) is 10.1. The quantitative estimate of drug-likeness (QED) is 0.779. The predicted molar refractivity (Wildman–Crippen MR) is 84.5 cm³/mol. The molecule has 21 heavy (non-hydrogen) atoms. The van der Waals surface area contributed by atoms with Crippen molar-refractivity contribution in [2.45, 2.75) is 33.0 Å². The van der Waals surface area contributed by atoms with Crippen molar-refractivity contribution in [3.63, 3.8) is 0 Å². The fraction of sp³-hybridized carbons (Fsp3) is 0.312. The highest BCUT2D eigenvalue weighted by molar-refractivity contribution is 6.30. The van der Waals surface area contributed by atoms with Crippen molar-refractivity contribution in [2.24, 2.45) is 0 Å². The van der Waals surface area contributed by atoms with E-state index in [4.69, 9.17) is 16.0 Å². The molecule has 5 heteroatoms. The molecule has 0 aliphatic rings. The molecule has 0 bridgehead atoms. The van der Waals surface area contributed by atoms with E-state index in [1.807, 2.05) is 29.1 Å². The van der Waals surface area contributed by atoms with E-state index < -0.39 is 0 Å². The Hall–Kier alpha value is -1.78. The molecular formula is C16H18ClN3O. The van der Waals surface area contributed by atoms with E-state index in [0.29, 0.717) is 24.2 Å². The summed E-state index contributed by atoms with van der Waals surface area (Å²) in [5, 5.41) is 9.43. The summed E-state index contributed by atoms with van der Waals surface area (Å²) >= 11 is 5.94. The Morgan fingerprint density at radius 1 is 1.33 bits per heavy atom. The SMILES string of the molecule is CC(C)NCc1oc2ccccc2c1Cn1cc(Cl)cn1. The van der Waals surface area contributed by atoms with E-state index in [1.165, 1.54) is 0 Å². The maximum atomic E-state index is 5.99. The molecule has 3 aromatic rings. The Morgan fingerprint density at radius 3 is 2.86 bits per heavy atom. The van der Waals surface area contributed by atoms with Gasteiger partial charge in [-0.3, -0.25) is 4.68 Å². The first kappa shape index (κ1) is 14.2. The van der Waals surface area contributed by atoms with Crippen molar-refractivity contribution >= 4 is 22.6 Å². The highest BCUT2D eigenvalue weighted by atomic mass is 35.5. The summed E-state index contributed by atoms with van der Waals surface area (Å²) in [6.07, 6.45) is 3.47. The second kappa shape index (κ2) is 5.92. The summed E-state index contributed by atoms with van der Waals surface area (Å²) in [5.41, 5.74) is 2.06. The molecule has 0 amide bonds. The molecule has 1 aromatic carbocycles. The van der Waals surface area contributed by atoms with Gasteiger partial charge in [-0.05, 0) is 6.07 Å². The lowest BCUT2D eigenvalue weighted by Gasteiger charge is -2.08. The van der Waals surface area contributed by atoms with Crippen molar-refractivity contribution in [3.05, 3.63) is 53.0 Å². The van der Waals surface area contributed by atoms with E-state index in [9.17, 15) is 0 Å². The van der Waals surface area contributed by atoms with Crippen LogP contribution in [0.25, 0.3) is 11.0 Å². The summed E-state index contributed by atoms with van der Waals surface area (Å²) < 4.78 is 7.82.